The second kappa shape index (κ2) is 4.89. The van der Waals surface area contributed by atoms with E-state index in [0.29, 0.717) is 19.1 Å². The standard InChI is InChI=1S/C14H15BrN2O2/c15-11-1-2-13-10(9-11)3-8-17(13)12-4-6-16(7-5-12)14(18)19/h1-3,8-9,12H,4-7H2,(H,18,19). The molecule has 1 aromatic carbocycles. The van der Waals surface area contributed by atoms with Crippen LogP contribution in [0, 0.1) is 0 Å². The summed E-state index contributed by atoms with van der Waals surface area (Å²) in [5.74, 6) is 0. The van der Waals surface area contributed by atoms with Crippen LogP contribution in [0.2, 0.25) is 0 Å². The Hall–Kier alpha value is -1.49. The van der Waals surface area contributed by atoms with Crippen molar-refractivity contribution in [2.45, 2.75) is 18.9 Å². The molecule has 0 unspecified atom stereocenters. The number of carboxylic acid groups (broad SMARTS) is 1. The summed E-state index contributed by atoms with van der Waals surface area (Å²) in [7, 11) is 0. The summed E-state index contributed by atoms with van der Waals surface area (Å²) < 4.78 is 3.36. The van der Waals surface area contributed by atoms with E-state index in [9.17, 15) is 4.79 Å². The first kappa shape index (κ1) is 12.5. The molecule has 1 fully saturated rings. The van der Waals surface area contributed by atoms with Crippen LogP contribution in [-0.4, -0.2) is 33.8 Å². The van der Waals surface area contributed by atoms with Crippen LogP contribution < -0.4 is 0 Å². The van der Waals surface area contributed by atoms with E-state index in [1.165, 1.54) is 15.8 Å². The third-order valence-electron chi connectivity index (χ3n) is 3.81. The zero-order chi connectivity index (χ0) is 13.4. The van der Waals surface area contributed by atoms with E-state index in [1.54, 1.807) is 0 Å². The van der Waals surface area contributed by atoms with Gasteiger partial charge in [-0.1, -0.05) is 15.9 Å². The van der Waals surface area contributed by atoms with Crippen LogP contribution in [0.25, 0.3) is 10.9 Å². The van der Waals surface area contributed by atoms with E-state index in [2.05, 4.69) is 44.9 Å². The summed E-state index contributed by atoms with van der Waals surface area (Å²) in [5, 5.41) is 10.2. The van der Waals surface area contributed by atoms with Crippen LogP contribution in [0.1, 0.15) is 18.9 Å². The Morgan fingerprint density at radius 3 is 2.68 bits per heavy atom. The number of rotatable bonds is 1. The largest absolute Gasteiger partial charge is 0.465 e. The van der Waals surface area contributed by atoms with Gasteiger partial charge in [-0.15, -0.1) is 0 Å². The minimum Gasteiger partial charge on any atom is -0.465 e. The third-order valence-corrected chi connectivity index (χ3v) is 4.30. The van der Waals surface area contributed by atoms with E-state index in [-0.39, 0.29) is 0 Å². The van der Waals surface area contributed by atoms with Crippen LogP contribution in [-0.2, 0) is 0 Å². The zero-order valence-electron chi connectivity index (χ0n) is 10.4. The lowest BCUT2D eigenvalue weighted by Gasteiger charge is -2.31. The molecule has 4 nitrogen and oxygen atoms in total. The van der Waals surface area contributed by atoms with Crippen molar-refractivity contribution in [3.8, 4) is 0 Å². The van der Waals surface area contributed by atoms with Gasteiger partial charge in [0.05, 0.1) is 0 Å². The highest BCUT2D eigenvalue weighted by atomic mass is 79.9. The van der Waals surface area contributed by atoms with Gasteiger partial charge in [-0.3, -0.25) is 0 Å². The molecule has 0 radical (unpaired) electrons. The normalized spacial score (nSPS) is 17.0. The van der Waals surface area contributed by atoms with Gasteiger partial charge in [0.15, 0.2) is 0 Å². The molecule has 1 amide bonds. The first-order valence-corrected chi connectivity index (χ1v) is 7.18. The highest BCUT2D eigenvalue weighted by molar-refractivity contribution is 9.10. The Labute approximate surface area is 119 Å². The Balaban J connectivity index is 1.84. The van der Waals surface area contributed by atoms with Crippen molar-refractivity contribution in [3.05, 3.63) is 34.9 Å². The molecular formula is C14H15BrN2O2. The lowest BCUT2D eigenvalue weighted by molar-refractivity contribution is 0.126. The summed E-state index contributed by atoms with van der Waals surface area (Å²) in [5.41, 5.74) is 1.22. The molecule has 0 bridgehead atoms. The molecule has 0 spiro atoms. The molecule has 0 aliphatic carbocycles. The van der Waals surface area contributed by atoms with Crippen LogP contribution in [0.5, 0.6) is 0 Å². The molecule has 1 aliphatic rings. The Morgan fingerprint density at radius 2 is 2.00 bits per heavy atom. The molecule has 1 saturated heterocycles. The van der Waals surface area contributed by atoms with E-state index in [1.807, 2.05) is 6.07 Å². The molecule has 1 N–H and O–H groups in total. The van der Waals surface area contributed by atoms with Crippen molar-refractivity contribution in [2.75, 3.05) is 13.1 Å². The monoisotopic (exact) mass is 322 g/mol. The van der Waals surface area contributed by atoms with Crippen molar-refractivity contribution >= 4 is 32.9 Å². The van der Waals surface area contributed by atoms with Crippen molar-refractivity contribution in [1.82, 2.24) is 9.47 Å². The van der Waals surface area contributed by atoms with Crippen LogP contribution >= 0.6 is 15.9 Å². The smallest absolute Gasteiger partial charge is 0.407 e. The second-order valence-corrected chi connectivity index (χ2v) is 5.84. The van der Waals surface area contributed by atoms with Gasteiger partial charge in [0, 0.05) is 40.7 Å². The third kappa shape index (κ3) is 2.34. The first-order valence-electron chi connectivity index (χ1n) is 6.39. The number of halogens is 1. The Morgan fingerprint density at radius 1 is 1.26 bits per heavy atom. The van der Waals surface area contributed by atoms with Crippen molar-refractivity contribution in [1.29, 1.82) is 0 Å². The molecular weight excluding hydrogens is 308 g/mol. The lowest BCUT2D eigenvalue weighted by Crippen LogP contribution is -2.37. The summed E-state index contributed by atoms with van der Waals surface area (Å²) in [6.07, 6.45) is 3.07. The number of piperidine rings is 1. The van der Waals surface area contributed by atoms with Gasteiger partial charge in [0.1, 0.15) is 0 Å². The molecule has 1 aromatic heterocycles. The van der Waals surface area contributed by atoms with Gasteiger partial charge >= 0.3 is 6.09 Å². The van der Waals surface area contributed by atoms with E-state index in [0.717, 1.165) is 17.3 Å². The first-order chi connectivity index (χ1) is 9.15. The maximum Gasteiger partial charge on any atom is 0.407 e. The fourth-order valence-electron chi connectivity index (χ4n) is 2.79. The highest BCUT2D eigenvalue weighted by Crippen LogP contribution is 2.29. The van der Waals surface area contributed by atoms with Crippen LogP contribution in [0.15, 0.2) is 34.9 Å². The van der Waals surface area contributed by atoms with Gasteiger partial charge < -0.3 is 14.6 Å². The van der Waals surface area contributed by atoms with Crippen molar-refractivity contribution in [2.24, 2.45) is 0 Å². The van der Waals surface area contributed by atoms with Crippen LogP contribution in [0.3, 0.4) is 0 Å². The zero-order valence-corrected chi connectivity index (χ0v) is 12.0. The minimum atomic E-state index is -0.806. The van der Waals surface area contributed by atoms with Crippen molar-refractivity contribution < 1.29 is 9.90 Å². The maximum atomic E-state index is 10.9. The molecule has 19 heavy (non-hydrogen) atoms. The molecule has 5 heteroatoms. The summed E-state index contributed by atoms with van der Waals surface area (Å²) in [6, 6.07) is 8.78. The molecule has 1 aliphatic heterocycles. The summed E-state index contributed by atoms with van der Waals surface area (Å²) >= 11 is 3.48. The fourth-order valence-corrected chi connectivity index (χ4v) is 3.17. The number of carbonyl (C=O) groups is 1. The summed E-state index contributed by atoms with van der Waals surface area (Å²) in [6.45, 7) is 1.24. The van der Waals surface area contributed by atoms with Gasteiger partial charge in [-0.2, -0.15) is 0 Å². The summed E-state index contributed by atoms with van der Waals surface area (Å²) in [4.78, 5) is 12.4. The molecule has 100 valence electrons. The maximum absolute atomic E-state index is 10.9. The predicted molar refractivity (Wildman–Crippen MR) is 77.5 cm³/mol. The van der Waals surface area contributed by atoms with E-state index >= 15 is 0 Å². The highest BCUT2D eigenvalue weighted by Gasteiger charge is 2.23. The van der Waals surface area contributed by atoms with Gasteiger partial charge in [-0.25, -0.2) is 4.79 Å². The number of benzene rings is 1. The van der Waals surface area contributed by atoms with Gasteiger partial charge in [-0.05, 0) is 37.1 Å². The number of hydrogen-bond acceptors (Lipinski definition) is 1. The minimum absolute atomic E-state index is 0.397. The molecule has 0 saturated carbocycles. The number of nitrogens with zero attached hydrogens (tertiary/aromatic N) is 2. The van der Waals surface area contributed by atoms with Crippen molar-refractivity contribution in [3.63, 3.8) is 0 Å². The number of aromatic nitrogens is 1. The fraction of sp³-hybridized carbons (Fsp3) is 0.357. The molecule has 0 atom stereocenters. The average molecular weight is 323 g/mol. The van der Waals surface area contributed by atoms with Gasteiger partial charge in [0.2, 0.25) is 0 Å². The number of likely N-dealkylation sites (tertiary alicyclic amines) is 1. The topological polar surface area (TPSA) is 45.5 Å². The van der Waals surface area contributed by atoms with E-state index < -0.39 is 6.09 Å². The van der Waals surface area contributed by atoms with Gasteiger partial charge in [0.25, 0.3) is 0 Å². The SMILES string of the molecule is O=C(O)N1CCC(n2ccc3cc(Br)ccc32)CC1. The molecule has 3 rings (SSSR count). The predicted octanol–water partition coefficient (Wildman–Crippen LogP) is 3.72. The Bertz CT molecular complexity index is 615. The second-order valence-electron chi connectivity index (χ2n) is 4.93. The number of hydrogen-bond donors (Lipinski definition) is 1. The average Bonchev–Trinajstić information content (AvgIpc) is 2.81. The molecule has 2 aromatic rings. The number of amides is 1. The van der Waals surface area contributed by atoms with E-state index in [4.69, 9.17) is 5.11 Å². The molecule has 2 heterocycles. The quantitative estimate of drug-likeness (QED) is 0.869. The Kier molecular flexibility index (Phi) is 3.22. The number of fused-ring (bicyclic) bond motifs is 1. The lowest BCUT2D eigenvalue weighted by atomic mass is 10.1. The van der Waals surface area contributed by atoms with Crippen LogP contribution in [0.4, 0.5) is 4.79 Å².